The summed E-state index contributed by atoms with van der Waals surface area (Å²) in [7, 11) is 0. The van der Waals surface area contributed by atoms with Crippen molar-refractivity contribution in [2.75, 3.05) is 0 Å². The van der Waals surface area contributed by atoms with Gasteiger partial charge in [-0.2, -0.15) is 5.26 Å². The molecule has 0 spiro atoms. The van der Waals surface area contributed by atoms with Gasteiger partial charge in [0.15, 0.2) is 11.6 Å². The second kappa shape index (κ2) is 6.03. The number of aromatic hydroxyl groups is 1. The highest BCUT2D eigenvalue weighted by molar-refractivity contribution is 5.85. The Morgan fingerprint density at radius 2 is 2.00 bits per heavy atom. The van der Waals surface area contributed by atoms with Gasteiger partial charge < -0.3 is 10.8 Å². The van der Waals surface area contributed by atoms with Gasteiger partial charge in [-0.25, -0.2) is 4.39 Å². The Balaban J connectivity index is 0.00000162. The van der Waals surface area contributed by atoms with E-state index in [1.165, 1.54) is 6.07 Å². The summed E-state index contributed by atoms with van der Waals surface area (Å²) in [5.74, 6) is -0.953. The van der Waals surface area contributed by atoms with E-state index in [0.717, 1.165) is 31.7 Å². The highest BCUT2D eigenvalue weighted by atomic mass is 35.5. The molecule has 98 valence electrons. The summed E-state index contributed by atoms with van der Waals surface area (Å²) in [6.45, 7) is 0. The maximum absolute atomic E-state index is 13.3. The molecule has 1 aliphatic rings. The fourth-order valence-corrected chi connectivity index (χ4v) is 2.57. The van der Waals surface area contributed by atoms with Crippen LogP contribution in [0.2, 0.25) is 0 Å². The number of rotatable bonds is 2. The molecule has 1 saturated carbocycles. The average molecular weight is 271 g/mol. The Kier molecular flexibility index (Phi) is 4.94. The van der Waals surface area contributed by atoms with Crippen molar-refractivity contribution in [1.82, 2.24) is 0 Å². The Morgan fingerprint density at radius 1 is 1.39 bits per heavy atom. The lowest BCUT2D eigenvalue weighted by Gasteiger charge is -2.21. The van der Waals surface area contributed by atoms with Crippen molar-refractivity contribution in [3.8, 4) is 11.8 Å². The SMILES string of the molecule is Cl.N#Cc1ccc(F)c(O)c1[C@H](N)C1CCCC1. The summed E-state index contributed by atoms with van der Waals surface area (Å²) in [4.78, 5) is 0. The predicted molar refractivity (Wildman–Crippen MR) is 68.9 cm³/mol. The lowest BCUT2D eigenvalue weighted by Crippen LogP contribution is -2.20. The zero-order valence-electron chi connectivity index (χ0n) is 9.90. The number of nitrogens with zero attached hydrogens (tertiary/aromatic N) is 1. The first kappa shape index (κ1) is 14.7. The van der Waals surface area contributed by atoms with Crippen LogP contribution in [0.1, 0.15) is 42.9 Å². The number of halogens is 2. The molecule has 18 heavy (non-hydrogen) atoms. The summed E-state index contributed by atoms with van der Waals surface area (Å²) in [5.41, 5.74) is 6.60. The first-order valence-electron chi connectivity index (χ1n) is 5.82. The number of benzene rings is 1. The highest BCUT2D eigenvalue weighted by Crippen LogP contribution is 2.39. The quantitative estimate of drug-likeness (QED) is 0.868. The maximum Gasteiger partial charge on any atom is 0.165 e. The van der Waals surface area contributed by atoms with E-state index in [1.54, 1.807) is 0 Å². The number of hydrogen-bond donors (Lipinski definition) is 2. The minimum Gasteiger partial charge on any atom is -0.505 e. The van der Waals surface area contributed by atoms with Crippen LogP contribution in [0.3, 0.4) is 0 Å². The van der Waals surface area contributed by atoms with Crippen molar-refractivity contribution in [2.24, 2.45) is 11.7 Å². The van der Waals surface area contributed by atoms with E-state index in [2.05, 4.69) is 0 Å². The minimum atomic E-state index is -0.715. The molecule has 2 rings (SSSR count). The molecule has 1 atom stereocenters. The molecular formula is C13H16ClFN2O. The van der Waals surface area contributed by atoms with Gasteiger partial charge in [0.05, 0.1) is 11.6 Å². The van der Waals surface area contributed by atoms with Gasteiger partial charge in [0.2, 0.25) is 0 Å². The maximum atomic E-state index is 13.3. The van der Waals surface area contributed by atoms with Gasteiger partial charge in [-0.05, 0) is 30.9 Å². The summed E-state index contributed by atoms with van der Waals surface area (Å²) in [5, 5.41) is 18.7. The lowest BCUT2D eigenvalue weighted by molar-refractivity contribution is 0.391. The van der Waals surface area contributed by atoms with Crippen LogP contribution in [0.4, 0.5) is 4.39 Å². The van der Waals surface area contributed by atoms with Crippen LogP contribution in [0.25, 0.3) is 0 Å². The first-order valence-corrected chi connectivity index (χ1v) is 5.82. The smallest absolute Gasteiger partial charge is 0.165 e. The van der Waals surface area contributed by atoms with Gasteiger partial charge in [-0.1, -0.05) is 12.8 Å². The van der Waals surface area contributed by atoms with Gasteiger partial charge in [0, 0.05) is 11.6 Å². The van der Waals surface area contributed by atoms with Crippen molar-refractivity contribution in [1.29, 1.82) is 5.26 Å². The highest BCUT2D eigenvalue weighted by Gasteiger charge is 2.28. The van der Waals surface area contributed by atoms with E-state index in [1.807, 2.05) is 6.07 Å². The van der Waals surface area contributed by atoms with Crippen molar-refractivity contribution in [3.05, 3.63) is 29.1 Å². The summed E-state index contributed by atoms with van der Waals surface area (Å²) in [6, 6.07) is 3.98. The zero-order valence-corrected chi connectivity index (χ0v) is 10.7. The first-order chi connectivity index (χ1) is 8.15. The zero-order chi connectivity index (χ0) is 12.4. The van der Waals surface area contributed by atoms with Gasteiger partial charge in [-0.15, -0.1) is 12.4 Å². The number of phenolic OH excluding ortho intramolecular Hbond substituents is 1. The molecule has 5 heteroatoms. The molecule has 0 heterocycles. The molecule has 0 saturated heterocycles. The molecule has 0 bridgehead atoms. The van der Waals surface area contributed by atoms with E-state index >= 15 is 0 Å². The van der Waals surface area contributed by atoms with Crippen LogP contribution in [0, 0.1) is 23.1 Å². The second-order valence-corrected chi connectivity index (χ2v) is 4.54. The molecule has 3 N–H and O–H groups in total. The molecule has 1 aliphatic carbocycles. The van der Waals surface area contributed by atoms with Gasteiger partial charge >= 0.3 is 0 Å². The number of nitrogens with two attached hydrogens (primary N) is 1. The van der Waals surface area contributed by atoms with Crippen LogP contribution in [-0.2, 0) is 0 Å². The summed E-state index contributed by atoms with van der Waals surface area (Å²) < 4.78 is 13.3. The molecule has 0 radical (unpaired) electrons. The van der Waals surface area contributed by atoms with Crippen molar-refractivity contribution >= 4 is 12.4 Å². The fourth-order valence-electron chi connectivity index (χ4n) is 2.57. The third-order valence-corrected chi connectivity index (χ3v) is 3.53. The molecule has 0 unspecified atom stereocenters. The average Bonchev–Trinajstić information content (AvgIpc) is 2.85. The lowest BCUT2D eigenvalue weighted by atomic mass is 9.89. The van der Waals surface area contributed by atoms with Gasteiger partial charge in [0.1, 0.15) is 0 Å². The van der Waals surface area contributed by atoms with Gasteiger partial charge in [-0.3, -0.25) is 0 Å². The third kappa shape index (κ3) is 2.58. The fraction of sp³-hybridized carbons (Fsp3) is 0.462. The van der Waals surface area contributed by atoms with Crippen molar-refractivity contribution < 1.29 is 9.50 Å². The number of phenols is 1. The predicted octanol–water partition coefficient (Wildman–Crippen LogP) is 3.01. The van der Waals surface area contributed by atoms with Crippen LogP contribution < -0.4 is 5.73 Å². The van der Waals surface area contributed by atoms with Gasteiger partial charge in [0.25, 0.3) is 0 Å². The summed E-state index contributed by atoms with van der Waals surface area (Å²) in [6.07, 6.45) is 4.16. The molecular weight excluding hydrogens is 255 g/mol. The Hall–Kier alpha value is -1.31. The minimum absolute atomic E-state index is 0. The van der Waals surface area contributed by atoms with E-state index in [0.29, 0.717) is 0 Å². The van der Waals surface area contributed by atoms with E-state index in [9.17, 15) is 9.50 Å². The van der Waals surface area contributed by atoms with E-state index in [-0.39, 0.29) is 29.5 Å². The Morgan fingerprint density at radius 3 is 2.56 bits per heavy atom. The summed E-state index contributed by atoms with van der Waals surface area (Å²) >= 11 is 0. The van der Waals surface area contributed by atoms with Crippen molar-refractivity contribution in [2.45, 2.75) is 31.7 Å². The van der Waals surface area contributed by atoms with Crippen molar-refractivity contribution in [3.63, 3.8) is 0 Å². The largest absolute Gasteiger partial charge is 0.505 e. The standard InChI is InChI=1S/C13H15FN2O.ClH/c14-10-6-5-9(7-15)11(13(10)17)12(16)8-3-1-2-4-8;/h5-6,8,12,17H,1-4,16H2;1H/t12-;/m1./s1. The third-order valence-electron chi connectivity index (χ3n) is 3.53. The molecule has 1 aromatic carbocycles. The Labute approximate surface area is 112 Å². The monoisotopic (exact) mass is 270 g/mol. The topological polar surface area (TPSA) is 70.0 Å². The molecule has 0 aromatic heterocycles. The van der Waals surface area contributed by atoms with Crippen LogP contribution >= 0.6 is 12.4 Å². The molecule has 3 nitrogen and oxygen atoms in total. The molecule has 1 fully saturated rings. The normalized spacial score (nSPS) is 16.9. The number of nitriles is 1. The Bertz CT molecular complexity index is 467. The molecule has 0 aliphatic heterocycles. The molecule has 0 amide bonds. The number of hydrogen-bond acceptors (Lipinski definition) is 3. The van der Waals surface area contributed by atoms with Crippen LogP contribution in [0.5, 0.6) is 5.75 Å². The second-order valence-electron chi connectivity index (χ2n) is 4.54. The molecule has 1 aromatic rings. The van der Waals surface area contributed by atoms with E-state index in [4.69, 9.17) is 11.0 Å². The van der Waals surface area contributed by atoms with Crippen LogP contribution in [-0.4, -0.2) is 5.11 Å². The van der Waals surface area contributed by atoms with Crippen LogP contribution in [0.15, 0.2) is 12.1 Å². The van der Waals surface area contributed by atoms with E-state index < -0.39 is 17.6 Å².